The Morgan fingerprint density at radius 3 is 2.70 bits per heavy atom. The molecule has 0 radical (unpaired) electrons. The first kappa shape index (κ1) is 18.9. The van der Waals surface area contributed by atoms with E-state index in [2.05, 4.69) is 15.5 Å². The molecule has 3 aromatic rings. The fourth-order valence-electron chi connectivity index (χ4n) is 2.53. The van der Waals surface area contributed by atoms with E-state index in [1.165, 1.54) is 41.9 Å². The van der Waals surface area contributed by atoms with Gasteiger partial charge in [-0.2, -0.15) is 0 Å². The van der Waals surface area contributed by atoms with E-state index in [9.17, 15) is 17.9 Å². The van der Waals surface area contributed by atoms with Crippen molar-refractivity contribution in [1.29, 1.82) is 0 Å². The minimum Gasteiger partial charge on any atom is -0.493 e. The van der Waals surface area contributed by atoms with Crippen molar-refractivity contribution in [1.82, 2.24) is 4.57 Å². The van der Waals surface area contributed by atoms with Crippen molar-refractivity contribution in [2.75, 3.05) is 5.32 Å². The number of rotatable bonds is 3. The summed E-state index contributed by atoms with van der Waals surface area (Å²) in [4.78, 5) is -0.0885. The van der Waals surface area contributed by atoms with Crippen LogP contribution in [-0.2, 0) is 17.1 Å². The van der Waals surface area contributed by atoms with E-state index in [0.29, 0.717) is 11.1 Å². The zero-order chi connectivity index (χ0) is 19.8. The lowest BCUT2D eigenvalue weighted by atomic mass is 10.2. The zero-order valence-corrected chi connectivity index (χ0v) is 15.6. The summed E-state index contributed by atoms with van der Waals surface area (Å²) in [5, 5.41) is 25.9. The molecule has 0 amide bonds. The fourth-order valence-corrected chi connectivity index (χ4v) is 3.24. The van der Waals surface area contributed by atoms with Crippen LogP contribution in [0.25, 0.3) is 10.9 Å². The van der Waals surface area contributed by atoms with Gasteiger partial charge in [-0.05, 0) is 36.5 Å². The SMILES string of the molecule is Cn1c(O)c(N=NC(=S)Nc2cccc(S(N)(=O)=O)c2)c2cccc(F)c21. The third-order valence-corrected chi connectivity index (χ3v) is 4.86. The van der Waals surface area contributed by atoms with E-state index in [4.69, 9.17) is 17.4 Å². The van der Waals surface area contributed by atoms with Gasteiger partial charge in [-0.3, -0.25) is 0 Å². The second-order valence-corrected chi connectivity index (χ2v) is 7.52. The Hall–Kier alpha value is -2.89. The summed E-state index contributed by atoms with van der Waals surface area (Å²) in [5.41, 5.74) is 0.594. The van der Waals surface area contributed by atoms with Gasteiger partial charge in [-0.1, -0.05) is 18.2 Å². The number of sulfonamides is 1. The van der Waals surface area contributed by atoms with Crippen molar-refractivity contribution in [2.24, 2.45) is 22.4 Å². The zero-order valence-electron chi connectivity index (χ0n) is 13.9. The number of benzene rings is 2. The van der Waals surface area contributed by atoms with Crippen LogP contribution in [-0.4, -0.2) is 23.2 Å². The molecule has 0 saturated heterocycles. The summed E-state index contributed by atoms with van der Waals surface area (Å²) < 4.78 is 38.0. The van der Waals surface area contributed by atoms with Crippen molar-refractivity contribution >= 4 is 49.6 Å². The number of aryl methyl sites for hydroxylation is 1. The smallest absolute Gasteiger partial charge is 0.238 e. The van der Waals surface area contributed by atoms with Crippen molar-refractivity contribution in [3.05, 3.63) is 48.3 Å². The molecule has 1 heterocycles. The van der Waals surface area contributed by atoms with Gasteiger partial charge in [0.15, 0.2) is 5.69 Å². The highest BCUT2D eigenvalue weighted by Gasteiger charge is 2.17. The topological polar surface area (TPSA) is 122 Å². The molecule has 8 nitrogen and oxygen atoms in total. The van der Waals surface area contributed by atoms with E-state index in [1.807, 2.05) is 0 Å². The van der Waals surface area contributed by atoms with Crippen molar-refractivity contribution < 1.29 is 17.9 Å². The number of fused-ring (bicyclic) bond motifs is 1. The van der Waals surface area contributed by atoms with Crippen LogP contribution in [0.15, 0.2) is 57.6 Å². The third kappa shape index (κ3) is 3.79. The molecule has 0 spiro atoms. The molecule has 0 aliphatic rings. The lowest BCUT2D eigenvalue weighted by Crippen LogP contribution is -2.13. The molecule has 3 rings (SSSR count). The van der Waals surface area contributed by atoms with Crippen LogP contribution in [0.3, 0.4) is 0 Å². The average molecular weight is 407 g/mol. The van der Waals surface area contributed by atoms with Gasteiger partial charge in [-0.25, -0.2) is 17.9 Å². The Balaban J connectivity index is 1.88. The van der Waals surface area contributed by atoms with Gasteiger partial charge in [0.25, 0.3) is 0 Å². The predicted molar refractivity (Wildman–Crippen MR) is 103 cm³/mol. The molecule has 0 fully saturated rings. The molecule has 0 atom stereocenters. The Morgan fingerprint density at radius 2 is 2.00 bits per heavy atom. The van der Waals surface area contributed by atoms with Crippen molar-refractivity contribution in [2.45, 2.75) is 4.90 Å². The monoisotopic (exact) mass is 407 g/mol. The number of thiocarbonyl (C=S) groups is 1. The molecular weight excluding hydrogens is 393 g/mol. The van der Waals surface area contributed by atoms with Crippen LogP contribution >= 0.6 is 12.2 Å². The minimum atomic E-state index is -3.86. The molecule has 11 heteroatoms. The highest BCUT2D eigenvalue weighted by molar-refractivity contribution is 7.89. The number of aromatic hydroxyl groups is 1. The average Bonchev–Trinajstić information content (AvgIpc) is 2.84. The number of hydrogen-bond acceptors (Lipinski definition) is 5. The number of para-hydroxylation sites is 1. The molecule has 0 unspecified atom stereocenters. The van der Waals surface area contributed by atoms with Crippen LogP contribution in [0.5, 0.6) is 5.88 Å². The second-order valence-electron chi connectivity index (χ2n) is 5.57. The number of hydrogen-bond donors (Lipinski definition) is 3. The lowest BCUT2D eigenvalue weighted by molar-refractivity contribution is 0.435. The Morgan fingerprint density at radius 1 is 1.30 bits per heavy atom. The third-order valence-electron chi connectivity index (χ3n) is 3.76. The number of anilines is 1. The highest BCUT2D eigenvalue weighted by atomic mass is 32.2. The van der Waals surface area contributed by atoms with Gasteiger partial charge < -0.3 is 15.0 Å². The lowest BCUT2D eigenvalue weighted by Gasteiger charge is -2.05. The van der Waals surface area contributed by atoms with Crippen LogP contribution in [0.1, 0.15) is 0 Å². The Labute approximate surface area is 159 Å². The summed E-state index contributed by atoms with van der Waals surface area (Å²) in [6.45, 7) is 0. The first-order valence-electron chi connectivity index (χ1n) is 7.50. The maximum absolute atomic E-state index is 14.0. The number of halogens is 1. The fraction of sp³-hybridized carbons (Fsp3) is 0.0625. The molecule has 0 saturated carbocycles. The number of azo groups is 1. The normalized spacial score (nSPS) is 12.0. The number of nitrogens with two attached hydrogens (primary N) is 1. The van der Waals surface area contributed by atoms with Crippen LogP contribution < -0.4 is 10.5 Å². The van der Waals surface area contributed by atoms with E-state index >= 15 is 0 Å². The largest absolute Gasteiger partial charge is 0.493 e. The molecule has 1 aromatic heterocycles. The number of nitrogens with zero attached hydrogens (tertiary/aromatic N) is 3. The number of nitrogens with one attached hydrogen (secondary N) is 1. The first-order chi connectivity index (χ1) is 12.7. The first-order valence-corrected chi connectivity index (χ1v) is 9.45. The second kappa shape index (κ2) is 7.02. The molecular formula is C16H14FN5O3S2. The van der Waals surface area contributed by atoms with E-state index in [1.54, 1.807) is 12.1 Å². The van der Waals surface area contributed by atoms with E-state index < -0.39 is 15.8 Å². The predicted octanol–water partition coefficient (Wildman–Crippen LogP) is 3.15. The quantitative estimate of drug-likeness (QED) is 0.455. The van der Waals surface area contributed by atoms with Gasteiger partial charge in [0.2, 0.25) is 21.0 Å². The van der Waals surface area contributed by atoms with Gasteiger partial charge in [0.05, 0.1) is 10.4 Å². The Kier molecular flexibility index (Phi) is 4.91. The maximum atomic E-state index is 14.0. The van der Waals surface area contributed by atoms with Crippen molar-refractivity contribution in [3.63, 3.8) is 0 Å². The summed E-state index contributed by atoms with van der Waals surface area (Å²) in [6.07, 6.45) is 0. The molecule has 140 valence electrons. The van der Waals surface area contributed by atoms with Crippen molar-refractivity contribution in [3.8, 4) is 5.88 Å². The van der Waals surface area contributed by atoms with Crippen LogP contribution in [0.4, 0.5) is 15.8 Å². The van der Waals surface area contributed by atoms with Gasteiger partial charge in [0.1, 0.15) is 5.82 Å². The molecule has 0 bridgehead atoms. The summed E-state index contributed by atoms with van der Waals surface area (Å²) >= 11 is 5.06. The van der Waals surface area contributed by atoms with E-state index in [0.717, 1.165) is 0 Å². The maximum Gasteiger partial charge on any atom is 0.238 e. The van der Waals surface area contributed by atoms with Gasteiger partial charge in [0, 0.05) is 18.1 Å². The number of primary sulfonamides is 1. The Bertz CT molecular complexity index is 1190. The molecule has 4 N–H and O–H groups in total. The van der Waals surface area contributed by atoms with Gasteiger partial charge >= 0.3 is 0 Å². The number of aromatic nitrogens is 1. The summed E-state index contributed by atoms with van der Waals surface area (Å²) in [5.74, 6) is -0.773. The van der Waals surface area contributed by atoms with Gasteiger partial charge in [-0.15, -0.1) is 10.2 Å². The minimum absolute atomic E-state index is 0.0643. The summed E-state index contributed by atoms with van der Waals surface area (Å²) in [6, 6.07) is 10.1. The standard InChI is InChI=1S/C16H14FN5O3S2/c1-22-14-11(6-3-7-12(14)17)13(15(22)23)20-21-16(26)19-9-4-2-5-10(8-9)27(18,24)25/h2-8,23H,1H3,(H,19,26)(H2,18,24,25). The molecule has 0 aliphatic heterocycles. The highest BCUT2D eigenvalue weighted by Crippen LogP contribution is 2.38. The molecule has 27 heavy (non-hydrogen) atoms. The molecule has 2 aromatic carbocycles. The molecule has 0 aliphatic carbocycles. The summed E-state index contributed by atoms with van der Waals surface area (Å²) in [7, 11) is -2.36. The van der Waals surface area contributed by atoms with Crippen LogP contribution in [0, 0.1) is 5.82 Å². The van der Waals surface area contributed by atoms with E-state index in [-0.39, 0.29) is 27.1 Å². The van der Waals surface area contributed by atoms with Crippen LogP contribution in [0.2, 0.25) is 0 Å².